The number of halogens is 1. The van der Waals surface area contributed by atoms with E-state index in [-0.39, 0.29) is 23.7 Å². The highest BCUT2D eigenvalue weighted by Gasteiger charge is 2.44. The molecule has 1 saturated heterocycles. The van der Waals surface area contributed by atoms with Crippen molar-refractivity contribution in [3.05, 3.63) is 53.8 Å². The maximum Gasteiger partial charge on any atom is 0.255 e. The second-order valence-corrected chi connectivity index (χ2v) is 10.4. The molecule has 1 atom stereocenters. The Morgan fingerprint density at radius 1 is 1.17 bits per heavy atom. The van der Waals surface area contributed by atoms with Crippen molar-refractivity contribution in [3.63, 3.8) is 0 Å². The van der Waals surface area contributed by atoms with Crippen LogP contribution >= 0.6 is 0 Å². The molecule has 8 heteroatoms. The number of amides is 2. The minimum absolute atomic E-state index is 0.138. The Morgan fingerprint density at radius 3 is 2.74 bits per heavy atom. The summed E-state index contributed by atoms with van der Waals surface area (Å²) in [6.45, 7) is 5.31. The maximum absolute atomic E-state index is 15.5. The van der Waals surface area contributed by atoms with Crippen molar-refractivity contribution in [2.75, 3.05) is 19.6 Å². The first-order valence-electron chi connectivity index (χ1n) is 12.3. The maximum atomic E-state index is 15.5. The molecule has 2 fully saturated rings. The molecule has 2 aromatic carbocycles. The van der Waals surface area contributed by atoms with Gasteiger partial charge in [-0.2, -0.15) is 5.10 Å². The van der Waals surface area contributed by atoms with Gasteiger partial charge in [-0.05, 0) is 57.2 Å². The summed E-state index contributed by atoms with van der Waals surface area (Å²) < 4.78 is 15.5. The zero-order chi connectivity index (χ0) is 24.3. The first-order chi connectivity index (χ1) is 16.8. The first kappa shape index (κ1) is 21.9. The molecule has 1 aliphatic carbocycles. The number of nitrogens with one attached hydrogen (secondary N) is 1. The SMILES string of the molecule is CC1(C)N=C(c2ccc(-c3n[nH]c4ccccc34)cc2F)N(CC2CCN(C(=O)C3CC3)C2)C1=O. The highest BCUT2D eigenvalue weighted by Crippen LogP contribution is 2.35. The molecule has 1 N–H and O–H groups in total. The Balaban J connectivity index is 1.27. The molecule has 3 aromatic rings. The van der Waals surface area contributed by atoms with E-state index < -0.39 is 11.4 Å². The number of rotatable bonds is 5. The van der Waals surface area contributed by atoms with Crippen LogP contribution in [0.3, 0.4) is 0 Å². The lowest BCUT2D eigenvalue weighted by Gasteiger charge is -2.24. The van der Waals surface area contributed by atoms with E-state index in [4.69, 9.17) is 0 Å². The standard InChI is InChI=1S/C27H28FN5O2/c1-27(2)26(35)33(15-16-11-12-32(14-16)25(34)17-7-8-17)24(29-27)19-10-9-18(13-21(19)28)23-20-5-3-4-6-22(20)30-31-23/h3-6,9-10,13,16-17H,7-8,11-12,14-15H2,1-2H3,(H,30,31). The van der Waals surface area contributed by atoms with Crippen LogP contribution in [0.1, 0.15) is 38.7 Å². The van der Waals surface area contributed by atoms with E-state index in [0.717, 1.165) is 36.7 Å². The molecule has 1 aromatic heterocycles. The number of aromatic nitrogens is 2. The second-order valence-electron chi connectivity index (χ2n) is 10.4. The van der Waals surface area contributed by atoms with E-state index in [1.165, 1.54) is 6.07 Å². The summed E-state index contributed by atoms with van der Waals surface area (Å²) in [5.41, 5.74) is 1.57. The smallest absolute Gasteiger partial charge is 0.255 e. The molecule has 2 aliphatic heterocycles. The van der Waals surface area contributed by atoms with Gasteiger partial charge in [0.1, 0.15) is 17.2 Å². The number of carbonyl (C=O) groups is 2. The molecule has 0 bridgehead atoms. The third-order valence-corrected chi connectivity index (χ3v) is 7.33. The molecule has 35 heavy (non-hydrogen) atoms. The molecule has 1 unspecified atom stereocenters. The van der Waals surface area contributed by atoms with Gasteiger partial charge in [-0.3, -0.25) is 24.6 Å². The molecular weight excluding hydrogens is 445 g/mol. The van der Waals surface area contributed by atoms with E-state index in [9.17, 15) is 9.59 Å². The number of hydrogen-bond acceptors (Lipinski definition) is 4. The fourth-order valence-electron chi connectivity index (χ4n) is 5.23. The third-order valence-electron chi connectivity index (χ3n) is 7.33. The number of fused-ring (bicyclic) bond motifs is 1. The van der Waals surface area contributed by atoms with Crippen LogP contribution in [0.5, 0.6) is 0 Å². The monoisotopic (exact) mass is 473 g/mol. The minimum atomic E-state index is -0.957. The summed E-state index contributed by atoms with van der Waals surface area (Å²) in [4.78, 5) is 33.9. The van der Waals surface area contributed by atoms with Gasteiger partial charge in [-0.15, -0.1) is 0 Å². The van der Waals surface area contributed by atoms with Gasteiger partial charge in [-0.1, -0.05) is 24.3 Å². The van der Waals surface area contributed by atoms with Gasteiger partial charge in [0, 0.05) is 36.5 Å². The number of carbonyl (C=O) groups excluding carboxylic acids is 2. The number of hydrogen-bond donors (Lipinski definition) is 1. The van der Waals surface area contributed by atoms with Crippen LogP contribution < -0.4 is 0 Å². The molecule has 180 valence electrons. The van der Waals surface area contributed by atoms with Gasteiger partial charge in [0.2, 0.25) is 5.91 Å². The molecule has 3 heterocycles. The Bertz CT molecular complexity index is 1370. The summed E-state index contributed by atoms with van der Waals surface area (Å²) >= 11 is 0. The molecule has 6 rings (SSSR count). The minimum Gasteiger partial charge on any atom is -0.342 e. The lowest BCUT2D eigenvalue weighted by Crippen LogP contribution is -2.43. The molecule has 0 spiro atoms. The molecule has 0 radical (unpaired) electrons. The van der Waals surface area contributed by atoms with E-state index in [1.54, 1.807) is 24.8 Å². The Morgan fingerprint density at radius 2 is 1.97 bits per heavy atom. The number of aromatic amines is 1. The van der Waals surface area contributed by atoms with Gasteiger partial charge >= 0.3 is 0 Å². The quantitative estimate of drug-likeness (QED) is 0.608. The van der Waals surface area contributed by atoms with Crippen molar-refractivity contribution in [1.29, 1.82) is 0 Å². The Kier molecular flexibility index (Phi) is 5.02. The fourth-order valence-corrected chi connectivity index (χ4v) is 5.23. The van der Waals surface area contributed by atoms with Crippen molar-refractivity contribution < 1.29 is 14.0 Å². The van der Waals surface area contributed by atoms with Gasteiger partial charge in [-0.25, -0.2) is 4.39 Å². The van der Waals surface area contributed by atoms with Crippen molar-refractivity contribution in [2.24, 2.45) is 16.8 Å². The summed E-state index contributed by atoms with van der Waals surface area (Å²) in [6, 6.07) is 12.7. The van der Waals surface area contributed by atoms with Crippen molar-refractivity contribution >= 4 is 28.6 Å². The van der Waals surface area contributed by atoms with Crippen molar-refractivity contribution in [1.82, 2.24) is 20.0 Å². The fraction of sp³-hybridized carbons (Fsp3) is 0.407. The van der Waals surface area contributed by atoms with Crippen LogP contribution in [-0.2, 0) is 9.59 Å². The number of amidine groups is 1. The lowest BCUT2D eigenvalue weighted by molar-refractivity contribution is -0.131. The van der Waals surface area contributed by atoms with Gasteiger partial charge in [0.05, 0.1) is 16.8 Å². The van der Waals surface area contributed by atoms with Gasteiger partial charge < -0.3 is 4.90 Å². The number of likely N-dealkylation sites (tertiary alicyclic amines) is 1. The Hall–Kier alpha value is -3.55. The number of aliphatic imine (C=N–C) groups is 1. The predicted octanol–water partition coefficient (Wildman–Crippen LogP) is 3.99. The zero-order valence-electron chi connectivity index (χ0n) is 19.9. The van der Waals surface area contributed by atoms with E-state index in [2.05, 4.69) is 15.2 Å². The molecule has 2 amide bonds. The van der Waals surface area contributed by atoms with Crippen molar-refractivity contribution in [2.45, 2.75) is 38.6 Å². The van der Waals surface area contributed by atoms with E-state index >= 15 is 4.39 Å². The van der Waals surface area contributed by atoms with Crippen molar-refractivity contribution in [3.8, 4) is 11.3 Å². The van der Waals surface area contributed by atoms with Gasteiger partial charge in [0.15, 0.2) is 0 Å². The molecular formula is C27H28FN5O2. The third kappa shape index (κ3) is 3.81. The average Bonchev–Trinajstić information content (AvgIpc) is 3.36. The normalized spacial score (nSPS) is 21.7. The summed E-state index contributed by atoms with van der Waals surface area (Å²) in [5, 5.41) is 8.28. The first-order valence-corrected chi connectivity index (χ1v) is 12.3. The van der Waals surface area contributed by atoms with Crippen LogP contribution in [0.25, 0.3) is 22.2 Å². The molecule has 7 nitrogen and oxygen atoms in total. The highest BCUT2D eigenvalue weighted by atomic mass is 19.1. The average molecular weight is 474 g/mol. The summed E-state index contributed by atoms with van der Waals surface area (Å²) in [5.74, 6) is 0.364. The van der Waals surface area contributed by atoms with Crippen LogP contribution in [0.2, 0.25) is 0 Å². The van der Waals surface area contributed by atoms with Crippen LogP contribution in [0, 0.1) is 17.7 Å². The number of H-pyrrole nitrogens is 1. The molecule has 3 aliphatic rings. The second kappa shape index (κ2) is 8.00. The number of benzene rings is 2. The van der Waals surface area contributed by atoms with E-state index in [0.29, 0.717) is 35.7 Å². The lowest BCUT2D eigenvalue weighted by atomic mass is 10.0. The predicted molar refractivity (Wildman–Crippen MR) is 131 cm³/mol. The zero-order valence-corrected chi connectivity index (χ0v) is 19.9. The summed E-state index contributed by atoms with van der Waals surface area (Å²) in [6.07, 6.45) is 2.81. The van der Waals surface area contributed by atoms with Crippen LogP contribution in [-0.4, -0.2) is 62.8 Å². The van der Waals surface area contributed by atoms with Crippen LogP contribution in [0.4, 0.5) is 4.39 Å². The Labute approximate surface area is 203 Å². The number of para-hydroxylation sites is 1. The highest BCUT2D eigenvalue weighted by molar-refractivity contribution is 6.15. The van der Waals surface area contributed by atoms with E-state index in [1.807, 2.05) is 35.2 Å². The number of nitrogens with zero attached hydrogens (tertiary/aromatic N) is 4. The van der Waals surface area contributed by atoms with Crippen LogP contribution in [0.15, 0.2) is 47.5 Å². The largest absolute Gasteiger partial charge is 0.342 e. The van der Waals surface area contributed by atoms with Gasteiger partial charge in [0.25, 0.3) is 5.91 Å². The topological polar surface area (TPSA) is 81.7 Å². The molecule has 1 saturated carbocycles. The summed E-state index contributed by atoms with van der Waals surface area (Å²) in [7, 11) is 0.